The number of likely N-dealkylation sites (tertiary alicyclic amines) is 1. The SMILES string of the molecule is CCCC[C@@H](NC(=O)[C@H](CCCCN)NC(=O)C1CCCCC1)P(=O)(O)OC(C)C(=O)N1CCC[C@H]1C(=O)O. The first-order valence-corrected chi connectivity index (χ1v) is 16.0. The first kappa shape index (κ1) is 33.2. The van der Waals surface area contributed by atoms with Crippen molar-refractivity contribution in [3.05, 3.63) is 0 Å². The number of unbranched alkanes of at least 4 members (excludes halogenated alkanes) is 2. The van der Waals surface area contributed by atoms with Crippen LogP contribution in [0.15, 0.2) is 0 Å². The first-order chi connectivity index (χ1) is 18.5. The molecule has 0 aromatic carbocycles. The standard InChI is InChI=1S/C26H47N4O8P/c1-3-4-15-22(39(36,37)38-18(2)25(33)30-17-10-14-21(30)26(34)35)29-24(32)20(13-8-9-16-27)28-23(31)19-11-6-5-7-12-19/h18-22H,3-17,27H2,1-2H3,(H,28,31)(H,29,32)(H,34,35)(H,36,37)/t18?,20-,21-,22-/m0/s1. The third kappa shape index (κ3) is 10.2. The van der Waals surface area contributed by atoms with Crippen molar-refractivity contribution < 1.29 is 38.3 Å². The lowest BCUT2D eigenvalue weighted by atomic mass is 9.88. The molecule has 3 amide bonds. The fourth-order valence-electron chi connectivity index (χ4n) is 5.26. The van der Waals surface area contributed by atoms with Gasteiger partial charge in [0, 0.05) is 12.5 Å². The van der Waals surface area contributed by atoms with E-state index in [1.165, 1.54) is 6.92 Å². The summed E-state index contributed by atoms with van der Waals surface area (Å²) < 4.78 is 18.7. The van der Waals surface area contributed by atoms with Crippen molar-refractivity contribution in [1.29, 1.82) is 0 Å². The molecule has 0 aromatic heterocycles. The van der Waals surface area contributed by atoms with Crippen LogP contribution in [-0.4, -0.2) is 75.7 Å². The van der Waals surface area contributed by atoms with E-state index in [0.29, 0.717) is 51.5 Å². The lowest BCUT2D eigenvalue weighted by molar-refractivity contribution is -0.151. The largest absolute Gasteiger partial charge is 0.480 e. The van der Waals surface area contributed by atoms with E-state index in [-0.39, 0.29) is 24.8 Å². The van der Waals surface area contributed by atoms with Crippen LogP contribution < -0.4 is 16.4 Å². The van der Waals surface area contributed by atoms with Gasteiger partial charge in [-0.2, -0.15) is 0 Å². The molecule has 2 unspecified atom stereocenters. The van der Waals surface area contributed by atoms with E-state index in [1.54, 1.807) is 0 Å². The normalized spacial score (nSPS) is 21.9. The number of carboxylic acids is 1. The quantitative estimate of drug-likeness (QED) is 0.136. The second-order valence-electron chi connectivity index (χ2n) is 10.7. The Labute approximate surface area is 231 Å². The molecule has 0 radical (unpaired) electrons. The van der Waals surface area contributed by atoms with Crippen molar-refractivity contribution in [2.24, 2.45) is 11.7 Å². The molecule has 1 aliphatic carbocycles. The van der Waals surface area contributed by atoms with E-state index < -0.39 is 49.4 Å². The topological polar surface area (TPSA) is 188 Å². The summed E-state index contributed by atoms with van der Waals surface area (Å²) in [5.74, 6) is -4.04. The minimum atomic E-state index is -4.57. The van der Waals surface area contributed by atoms with Gasteiger partial charge < -0.3 is 31.3 Å². The van der Waals surface area contributed by atoms with Gasteiger partial charge in [0.15, 0.2) is 0 Å². The van der Waals surface area contributed by atoms with Gasteiger partial charge in [0.2, 0.25) is 11.8 Å². The van der Waals surface area contributed by atoms with Crippen LogP contribution in [0.5, 0.6) is 0 Å². The molecule has 1 aliphatic heterocycles. The van der Waals surface area contributed by atoms with E-state index in [4.69, 9.17) is 10.3 Å². The van der Waals surface area contributed by atoms with Crippen LogP contribution in [-0.2, 0) is 28.3 Å². The Morgan fingerprint density at radius 3 is 2.33 bits per heavy atom. The van der Waals surface area contributed by atoms with Crippen molar-refractivity contribution in [1.82, 2.24) is 15.5 Å². The maximum absolute atomic E-state index is 13.4. The Kier molecular flexibility index (Phi) is 13.9. The highest BCUT2D eigenvalue weighted by Crippen LogP contribution is 2.49. The molecule has 1 saturated heterocycles. The molecule has 0 bridgehead atoms. The summed E-state index contributed by atoms with van der Waals surface area (Å²) in [6.07, 6.45) is 6.92. The van der Waals surface area contributed by atoms with E-state index >= 15 is 0 Å². The third-order valence-corrected chi connectivity index (χ3v) is 9.36. The average molecular weight is 575 g/mol. The second kappa shape index (κ2) is 16.3. The number of carboxylic acid groups (broad SMARTS) is 1. The fraction of sp³-hybridized carbons (Fsp3) is 0.846. The summed E-state index contributed by atoms with van der Waals surface area (Å²) in [4.78, 5) is 62.6. The van der Waals surface area contributed by atoms with Gasteiger partial charge in [-0.05, 0) is 64.8 Å². The van der Waals surface area contributed by atoms with Crippen LogP contribution in [0.4, 0.5) is 0 Å². The molecule has 0 spiro atoms. The molecule has 0 aromatic rings. The number of hydrogen-bond acceptors (Lipinski definition) is 7. The maximum Gasteiger partial charge on any atom is 0.350 e. The molecule has 2 fully saturated rings. The average Bonchev–Trinajstić information content (AvgIpc) is 3.40. The lowest BCUT2D eigenvalue weighted by Crippen LogP contribution is -2.51. The number of nitrogens with zero attached hydrogens (tertiary/aromatic N) is 1. The summed E-state index contributed by atoms with van der Waals surface area (Å²) in [5.41, 5.74) is 5.60. The molecule has 1 heterocycles. The zero-order valence-corrected chi connectivity index (χ0v) is 24.2. The number of nitrogens with two attached hydrogens (primary N) is 1. The summed E-state index contributed by atoms with van der Waals surface area (Å²) >= 11 is 0. The molecule has 39 heavy (non-hydrogen) atoms. The predicted molar refractivity (Wildman–Crippen MR) is 146 cm³/mol. The Morgan fingerprint density at radius 2 is 1.72 bits per heavy atom. The number of aliphatic carboxylic acids is 1. The highest BCUT2D eigenvalue weighted by Gasteiger charge is 2.41. The number of nitrogens with one attached hydrogen (secondary N) is 2. The van der Waals surface area contributed by atoms with Gasteiger partial charge in [0.1, 0.15) is 24.0 Å². The second-order valence-corrected chi connectivity index (χ2v) is 12.6. The van der Waals surface area contributed by atoms with Crippen molar-refractivity contribution in [2.75, 3.05) is 13.1 Å². The number of amides is 3. The summed E-state index contributed by atoms with van der Waals surface area (Å²) in [6.45, 7) is 3.87. The molecular formula is C26H47N4O8P. The fourth-order valence-corrected chi connectivity index (χ4v) is 6.75. The van der Waals surface area contributed by atoms with Gasteiger partial charge in [0.05, 0.1) is 0 Å². The monoisotopic (exact) mass is 574 g/mol. The lowest BCUT2D eigenvalue weighted by Gasteiger charge is -2.30. The number of rotatable bonds is 16. The maximum atomic E-state index is 13.4. The third-order valence-electron chi connectivity index (χ3n) is 7.57. The zero-order valence-electron chi connectivity index (χ0n) is 23.3. The summed E-state index contributed by atoms with van der Waals surface area (Å²) in [5, 5.41) is 14.9. The van der Waals surface area contributed by atoms with Crippen LogP contribution in [0.25, 0.3) is 0 Å². The van der Waals surface area contributed by atoms with Gasteiger partial charge in [-0.25, -0.2) is 4.79 Å². The van der Waals surface area contributed by atoms with Crippen molar-refractivity contribution in [3.8, 4) is 0 Å². The zero-order chi connectivity index (χ0) is 29.0. The Bertz CT molecular complexity index is 882. The van der Waals surface area contributed by atoms with E-state index in [1.807, 2.05) is 6.92 Å². The van der Waals surface area contributed by atoms with Crippen LogP contribution in [0.2, 0.25) is 0 Å². The van der Waals surface area contributed by atoms with Crippen LogP contribution >= 0.6 is 7.60 Å². The van der Waals surface area contributed by atoms with Gasteiger partial charge >= 0.3 is 13.6 Å². The molecule has 13 heteroatoms. The molecule has 224 valence electrons. The molecule has 12 nitrogen and oxygen atoms in total. The van der Waals surface area contributed by atoms with E-state index in [0.717, 1.165) is 37.0 Å². The van der Waals surface area contributed by atoms with E-state index in [9.17, 15) is 33.7 Å². The van der Waals surface area contributed by atoms with Crippen molar-refractivity contribution in [3.63, 3.8) is 0 Å². The Morgan fingerprint density at radius 1 is 1.03 bits per heavy atom. The molecule has 2 aliphatic rings. The predicted octanol–water partition coefficient (Wildman–Crippen LogP) is 2.48. The minimum Gasteiger partial charge on any atom is -0.480 e. The van der Waals surface area contributed by atoms with Gasteiger partial charge in [-0.3, -0.25) is 23.5 Å². The minimum absolute atomic E-state index is 0.129. The molecule has 6 N–H and O–H groups in total. The first-order valence-electron chi connectivity index (χ1n) is 14.4. The Hall–Kier alpha value is -2.01. The number of carbonyl (C=O) groups is 4. The molecule has 2 rings (SSSR count). The molecule has 1 saturated carbocycles. The smallest absolute Gasteiger partial charge is 0.350 e. The number of hydrogen-bond donors (Lipinski definition) is 5. The van der Waals surface area contributed by atoms with Crippen LogP contribution in [0, 0.1) is 5.92 Å². The molecule has 5 atom stereocenters. The van der Waals surface area contributed by atoms with E-state index in [2.05, 4.69) is 10.6 Å². The van der Waals surface area contributed by atoms with Crippen molar-refractivity contribution in [2.45, 2.75) is 121 Å². The Balaban J connectivity index is 2.12. The highest BCUT2D eigenvalue weighted by atomic mass is 31.2. The van der Waals surface area contributed by atoms with Crippen LogP contribution in [0.3, 0.4) is 0 Å². The van der Waals surface area contributed by atoms with Gasteiger partial charge in [-0.1, -0.05) is 39.0 Å². The number of carbonyl (C=O) groups excluding carboxylic acids is 3. The van der Waals surface area contributed by atoms with Crippen molar-refractivity contribution >= 4 is 31.3 Å². The molecular weight excluding hydrogens is 527 g/mol. The highest BCUT2D eigenvalue weighted by molar-refractivity contribution is 7.53. The van der Waals surface area contributed by atoms with Gasteiger partial charge in [0.25, 0.3) is 5.91 Å². The van der Waals surface area contributed by atoms with Crippen LogP contribution in [0.1, 0.15) is 97.3 Å². The van der Waals surface area contributed by atoms with Gasteiger partial charge in [-0.15, -0.1) is 0 Å². The summed E-state index contributed by atoms with van der Waals surface area (Å²) in [6, 6.07) is -1.89. The summed E-state index contributed by atoms with van der Waals surface area (Å²) in [7, 11) is -4.57.